The highest BCUT2D eigenvalue weighted by atomic mass is 16.5. The van der Waals surface area contributed by atoms with Crippen molar-refractivity contribution in [2.24, 2.45) is 5.41 Å². The first-order valence-electron chi connectivity index (χ1n) is 4.93. The van der Waals surface area contributed by atoms with Crippen molar-refractivity contribution >= 4 is 0 Å². The van der Waals surface area contributed by atoms with Gasteiger partial charge in [0.25, 0.3) is 0 Å². The van der Waals surface area contributed by atoms with Crippen LogP contribution in [-0.2, 0) is 9.47 Å². The molecule has 0 aromatic heterocycles. The quantitative estimate of drug-likeness (QED) is 0.477. The van der Waals surface area contributed by atoms with Gasteiger partial charge in [-0.15, -0.1) is 0 Å². The summed E-state index contributed by atoms with van der Waals surface area (Å²) in [5, 5.41) is 17.0. The van der Waals surface area contributed by atoms with Crippen LogP contribution in [0, 0.1) is 5.41 Å². The second kappa shape index (κ2) is 7.17. The van der Waals surface area contributed by atoms with E-state index >= 15 is 0 Å². The van der Waals surface area contributed by atoms with Crippen LogP contribution in [0.25, 0.3) is 0 Å². The number of aliphatic hydroxyl groups excluding tert-OH is 1. The van der Waals surface area contributed by atoms with Crippen LogP contribution < -0.4 is 0 Å². The smallest absolute Gasteiger partial charge is 0.153 e. The summed E-state index contributed by atoms with van der Waals surface area (Å²) in [6.07, 6.45) is -1.02. The fourth-order valence-electron chi connectivity index (χ4n) is 0.787. The van der Waals surface area contributed by atoms with E-state index in [0.717, 1.165) is 0 Å². The van der Waals surface area contributed by atoms with Gasteiger partial charge < -0.3 is 19.7 Å². The van der Waals surface area contributed by atoms with E-state index in [9.17, 15) is 0 Å². The molecule has 0 rings (SSSR count). The topological polar surface area (TPSA) is 58.9 Å². The summed E-state index contributed by atoms with van der Waals surface area (Å²) < 4.78 is 10.5. The van der Waals surface area contributed by atoms with E-state index in [1.54, 1.807) is 0 Å². The van der Waals surface area contributed by atoms with Gasteiger partial charge in [0, 0.05) is 6.42 Å². The first-order chi connectivity index (χ1) is 6.42. The molecule has 86 valence electrons. The van der Waals surface area contributed by atoms with Crippen LogP contribution >= 0.6 is 0 Å². The predicted octanol–water partition coefficient (Wildman–Crippen LogP) is 0.766. The van der Waals surface area contributed by atoms with Crippen LogP contribution in [0.4, 0.5) is 0 Å². The van der Waals surface area contributed by atoms with Crippen molar-refractivity contribution in [2.75, 3.05) is 26.4 Å². The van der Waals surface area contributed by atoms with Crippen molar-refractivity contribution in [3.8, 4) is 0 Å². The van der Waals surface area contributed by atoms with Gasteiger partial charge in [-0.1, -0.05) is 20.8 Å². The largest absolute Gasteiger partial charge is 0.379 e. The van der Waals surface area contributed by atoms with Crippen LogP contribution in [0.2, 0.25) is 0 Å². The predicted molar refractivity (Wildman–Crippen MR) is 53.9 cm³/mol. The second-order valence-electron chi connectivity index (χ2n) is 4.49. The highest BCUT2D eigenvalue weighted by molar-refractivity contribution is 4.58. The summed E-state index contributed by atoms with van der Waals surface area (Å²) in [7, 11) is 0. The molecule has 4 nitrogen and oxygen atoms in total. The summed E-state index contributed by atoms with van der Waals surface area (Å²) >= 11 is 0. The van der Waals surface area contributed by atoms with Gasteiger partial charge in [-0.05, 0) is 5.41 Å². The molecule has 0 aliphatic rings. The van der Waals surface area contributed by atoms with Crippen LogP contribution in [-0.4, -0.2) is 42.9 Å². The summed E-state index contributed by atoms with van der Waals surface area (Å²) in [4.78, 5) is 0. The SMILES string of the molecule is CC(C)(C)COCCOCCC(O)O. The lowest BCUT2D eigenvalue weighted by Crippen LogP contribution is -2.17. The van der Waals surface area contributed by atoms with Crippen molar-refractivity contribution in [3.05, 3.63) is 0 Å². The first kappa shape index (κ1) is 13.8. The molecule has 0 fully saturated rings. The van der Waals surface area contributed by atoms with E-state index in [2.05, 4.69) is 20.8 Å². The zero-order valence-corrected chi connectivity index (χ0v) is 9.32. The number of rotatable bonds is 7. The minimum Gasteiger partial charge on any atom is -0.379 e. The molecule has 0 aromatic carbocycles. The third-order valence-electron chi connectivity index (χ3n) is 1.43. The summed E-state index contributed by atoms with van der Waals surface area (Å²) in [6, 6.07) is 0. The fourth-order valence-corrected chi connectivity index (χ4v) is 0.787. The maximum absolute atomic E-state index is 8.51. The van der Waals surface area contributed by atoms with Gasteiger partial charge in [0.15, 0.2) is 6.29 Å². The Kier molecular flexibility index (Phi) is 7.09. The Hall–Kier alpha value is -0.160. The van der Waals surface area contributed by atoms with Gasteiger partial charge in [0.1, 0.15) is 0 Å². The van der Waals surface area contributed by atoms with Crippen molar-refractivity contribution in [2.45, 2.75) is 33.5 Å². The van der Waals surface area contributed by atoms with Crippen molar-refractivity contribution in [1.82, 2.24) is 0 Å². The Labute approximate surface area is 85.8 Å². The monoisotopic (exact) mass is 206 g/mol. The first-order valence-corrected chi connectivity index (χ1v) is 4.93. The lowest BCUT2D eigenvalue weighted by atomic mass is 9.99. The molecule has 0 unspecified atom stereocenters. The minimum atomic E-state index is -1.27. The molecule has 0 amide bonds. The maximum atomic E-state index is 8.51. The normalized spacial score (nSPS) is 12.4. The molecule has 0 aromatic rings. The fraction of sp³-hybridized carbons (Fsp3) is 1.00. The number of hydrogen-bond acceptors (Lipinski definition) is 4. The Morgan fingerprint density at radius 2 is 1.57 bits per heavy atom. The molecular formula is C10H22O4. The van der Waals surface area contributed by atoms with Gasteiger partial charge in [0.2, 0.25) is 0 Å². The van der Waals surface area contributed by atoms with E-state index < -0.39 is 6.29 Å². The number of ether oxygens (including phenoxy) is 2. The highest BCUT2D eigenvalue weighted by Crippen LogP contribution is 2.12. The average Bonchev–Trinajstić information content (AvgIpc) is 2.00. The average molecular weight is 206 g/mol. The van der Waals surface area contributed by atoms with Gasteiger partial charge in [-0.25, -0.2) is 0 Å². The Balaban J connectivity index is 3.07. The second-order valence-corrected chi connectivity index (χ2v) is 4.49. The number of hydrogen-bond donors (Lipinski definition) is 2. The van der Waals surface area contributed by atoms with Gasteiger partial charge in [-0.3, -0.25) is 0 Å². The molecular weight excluding hydrogens is 184 g/mol. The molecule has 2 N–H and O–H groups in total. The lowest BCUT2D eigenvalue weighted by Gasteiger charge is -2.17. The molecule has 0 atom stereocenters. The summed E-state index contributed by atoms with van der Waals surface area (Å²) in [5.74, 6) is 0. The highest BCUT2D eigenvalue weighted by Gasteiger charge is 2.09. The Morgan fingerprint density at radius 3 is 2.07 bits per heavy atom. The van der Waals surface area contributed by atoms with Crippen LogP contribution in [0.15, 0.2) is 0 Å². The van der Waals surface area contributed by atoms with E-state index in [4.69, 9.17) is 19.7 Å². The molecule has 4 heteroatoms. The molecule has 0 saturated heterocycles. The van der Waals surface area contributed by atoms with Gasteiger partial charge in [0.05, 0.1) is 26.4 Å². The molecule has 0 spiro atoms. The van der Waals surface area contributed by atoms with Crippen LogP contribution in [0.5, 0.6) is 0 Å². The van der Waals surface area contributed by atoms with Crippen molar-refractivity contribution < 1.29 is 19.7 Å². The zero-order valence-electron chi connectivity index (χ0n) is 9.32. The minimum absolute atomic E-state index is 0.182. The lowest BCUT2D eigenvalue weighted by molar-refractivity contribution is -0.0654. The van der Waals surface area contributed by atoms with E-state index in [0.29, 0.717) is 26.4 Å². The molecule has 0 aliphatic carbocycles. The molecule has 0 radical (unpaired) electrons. The third kappa shape index (κ3) is 11.8. The van der Waals surface area contributed by atoms with E-state index in [-0.39, 0.29) is 11.8 Å². The van der Waals surface area contributed by atoms with Gasteiger partial charge >= 0.3 is 0 Å². The summed E-state index contributed by atoms with van der Waals surface area (Å²) in [5.41, 5.74) is 0.182. The molecule has 0 aliphatic heterocycles. The Bertz CT molecular complexity index is 129. The van der Waals surface area contributed by atoms with Gasteiger partial charge in [-0.2, -0.15) is 0 Å². The molecule has 0 bridgehead atoms. The molecule has 14 heavy (non-hydrogen) atoms. The van der Waals surface area contributed by atoms with Crippen molar-refractivity contribution in [1.29, 1.82) is 0 Å². The van der Waals surface area contributed by atoms with Crippen LogP contribution in [0.1, 0.15) is 27.2 Å². The van der Waals surface area contributed by atoms with Crippen LogP contribution in [0.3, 0.4) is 0 Å². The summed E-state index contributed by atoms with van der Waals surface area (Å²) in [6.45, 7) is 8.44. The maximum Gasteiger partial charge on any atom is 0.153 e. The third-order valence-corrected chi connectivity index (χ3v) is 1.43. The van der Waals surface area contributed by atoms with E-state index in [1.165, 1.54) is 0 Å². The molecule has 0 heterocycles. The molecule has 0 saturated carbocycles. The standard InChI is InChI=1S/C10H22O4/c1-10(2,3)8-14-7-6-13-5-4-9(11)12/h9,11-12H,4-8H2,1-3H3. The van der Waals surface area contributed by atoms with E-state index in [1.807, 2.05) is 0 Å². The number of aliphatic hydroxyl groups is 2. The Morgan fingerprint density at radius 1 is 1.00 bits per heavy atom. The van der Waals surface area contributed by atoms with Crippen molar-refractivity contribution in [3.63, 3.8) is 0 Å². The zero-order chi connectivity index (χ0) is 11.0.